The van der Waals surface area contributed by atoms with Crippen LogP contribution < -0.4 is 45.9 Å². The molecule has 14 aromatic rings. The predicted molar refractivity (Wildman–Crippen MR) is 573 cm³/mol. The van der Waals surface area contributed by atoms with Crippen LogP contribution in [0, 0.1) is 12.2 Å². The molecule has 8 heterocycles. The molecular formula is C98H110BBr2Cl5F2N20O14S4. The minimum Gasteiger partial charge on any atom is -0.480 e. The van der Waals surface area contributed by atoms with Gasteiger partial charge in [-0.05, 0) is 264 Å². The second kappa shape index (κ2) is 51.6. The first-order chi connectivity index (χ1) is 69.1. The molecule has 2 saturated carbocycles. The standard InChI is InChI=1S/C29H34ClN7O3S.C22H18ClFN4O3S.C16H20BFN2O2.C12H10BrClN2O3S.C8H18N2.C6H4Cl2O2S.C5H6BrN3O/c1-5-18-14-19(15-20-16-31-28(34-26(18)20)33-21-10-12-22(13-11-21)37(2)3)23-17-32-29(35-27(23)40-4)36-41(38,39)25-9-7-6-8-24(25)30;1-3-13-8-14(9-15-10-26-22(24)28-20(13)15)16-11-25-19(27-21(16)31-2)12-32(29,30)18-7-5-4-6-17(18)23;1-6-10-7-12(8-11-9-19-14(18)20-13(10)11)17-21-15(2,3)16(4,5)22-17;1-19-12-8(13)6-15-11(16-12)7-20(17,18)10-5-3-2-4-9(10)14;1-10(2)8-5-3-7(9)4-6-8;7-5-3-1-2-4-6(5)11(8,9)10;1-10-4-3(6)2-8-5(7)9-4/h6-9,14-17,21-22H,5,10-13H2,1-4H3,(H,31,33,34)(H,32,35,36);4-11H,3,12H2,1-2H3;7-9H,6H2,1-5H3;2-6H,7H2,1H3;7-8H,3-6,9H2,1-2H3;1-4H;2H,1H3,(H2,7,8,9). The van der Waals surface area contributed by atoms with Crippen LogP contribution in [0.25, 0.3) is 55.0 Å². The lowest BCUT2D eigenvalue weighted by atomic mass is 9.77. The van der Waals surface area contributed by atoms with E-state index in [2.05, 4.69) is 152 Å². The van der Waals surface area contributed by atoms with Crippen molar-refractivity contribution in [1.29, 1.82) is 0 Å². The Balaban J connectivity index is 0.000000172. The topological polar surface area (TPSA) is 455 Å². The van der Waals surface area contributed by atoms with E-state index in [1.54, 1.807) is 60.8 Å². The number of hydrogen-bond acceptors (Lipinski definition) is 33. The van der Waals surface area contributed by atoms with Gasteiger partial charge in [0.15, 0.2) is 19.7 Å². The number of hydrogen-bond donors (Lipinski definition) is 4. The van der Waals surface area contributed by atoms with Gasteiger partial charge in [-0.15, -0.1) is 0 Å². The molecule has 0 atom stereocenters. The zero-order valence-corrected chi connectivity index (χ0v) is 92.6. The molecule has 0 radical (unpaired) electrons. The van der Waals surface area contributed by atoms with E-state index in [1.807, 2.05) is 78.1 Å². The van der Waals surface area contributed by atoms with Crippen molar-refractivity contribution in [3.8, 4) is 45.8 Å². The van der Waals surface area contributed by atoms with Crippen molar-refractivity contribution < 1.29 is 70.7 Å². The van der Waals surface area contributed by atoms with Gasteiger partial charge in [0.05, 0.1) is 112 Å². The summed E-state index contributed by atoms with van der Waals surface area (Å²) in [6.45, 7) is 14.1. The number of sulfone groups is 2. The minimum atomic E-state index is -3.99. The van der Waals surface area contributed by atoms with Gasteiger partial charge < -0.3 is 54.8 Å². The van der Waals surface area contributed by atoms with Crippen LogP contribution in [-0.4, -0.2) is 212 Å². The van der Waals surface area contributed by atoms with Gasteiger partial charge in [-0.3, -0.25) is 0 Å². The monoisotopic (exact) mass is 2300 g/mol. The van der Waals surface area contributed by atoms with Crippen LogP contribution in [0.1, 0.15) is 128 Å². The van der Waals surface area contributed by atoms with Crippen LogP contribution in [0.3, 0.4) is 0 Å². The van der Waals surface area contributed by atoms with E-state index in [-0.39, 0.29) is 86.6 Å². The van der Waals surface area contributed by atoms with Crippen molar-refractivity contribution in [2.24, 2.45) is 5.73 Å². The van der Waals surface area contributed by atoms with Gasteiger partial charge in [0, 0.05) is 88.2 Å². The molecule has 3 fully saturated rings. The molecule has 17 rings (SSSR count). The first kappa shape index (κ1) is 116. The van der Waals surface area contributed by atoms with E-state index in [0.717, 1.165) is 94.1 Å². The zero-order valence-electron chi connectivity index (χ0n) is 82.4. The van der Waals surface area contributed by atoms with Crippen LogP contribution >= 0.6 is 88.9 Å². The molecule has 0 spiro atoms. The van der Waals surface area contributed by atoms with Gasteiger partial charge in [-0.25, -0.2) is 88.2 Å². The molecule has 0 unspecified atom stereocenters. The number of nitrogens with one attached hydrogen (secondary N) is 2. The highest BCUT2D eigenvalue weighted by Gasteiger charge is 2.52. The highest BCUT2D eigenvalue weighted by molar-refractivity contribution is 9.11. The van der Waals surface area contributed by atoms with Crippen LogP contribution in [0.2, 0.25) is 20.1 Å². The summed E-state index contributed by atoms with van der Waals surface area (Å²) in [6, 6.07) is 38.5. The number of nitrogens with zero attached hydrogens (tertiary/aromatic N) is 16. The van der Waals surface area contributed by atoms with Crippen LogP contribution in [-0.2, 0) is 78.8 Å². The quantitative estimate of drug-likeness (QED) is 0.0248. The smallest absolute Gasteiger partial charge is 0.480 e. The molecule has 3 aliphatic rings. The summed E-state index contributed by atoms with van der Waals surface area (Å²) in [5.74, 6) is 1.35. The third kappa shape index (κ3) is 30.6. The van der Waals surface area contributed by atoms with Crippen molar-refractivity contribution in [3.05, 3.63) is 246 Å². The largest absolute Gasteiger partial charge is 0.494 e. The highest BCUT2D eigenvalue weighted by Crippen LogP contribution is 2.40. The molecular weight excluding hydrogens is 2200 g/mol. The maximum atomic E-state index is 13.5. The van der Waals surface area contributed by atoms with E-state index in [1.165, 1.54) is 134 Å². The Morgan fingerprint density at radius 1 is 0.452 bits per heavy atom. The number of methoxy groups -OCH3 is 4. The Bertz CT molecular complexity index is 7450. The Hall–Kier alpha value is -10.6. The average molecular weight is 2310 g/mol. The van der Waals surface area contributed by atoms with E-state index in [9.17, 15) is 42.5 Å². The van der Waals surface area contributed by atoms with Gasteiger partial charge in [0.25, 0.3) is 19.1 Å². The molecule has 2 aliphatic carbocycles. The van der Waals surface area contributed by atoms with Crippen molar-refractivity contribution >= 4 is 191 Å². The fraction of sp³-hybridized carbons (Fsp3) is 0.347. The molecule has 7 aromatic carbocycles. The van der Waals surface area contributed by atoms with Crippen molar-refractivity contribution in [1.82, 2.24) is 79.6 Å². The van der Waals surface area contributed by atoms with E-state index < -0.39 is 75.0 Å². The lowest BCUT2D eigenvalue weighted by Gasteiger charge is -2.32. The third-order valence-corrected chi connectivity index (χ3v) is 33.0. The average Bonchev–Trinajstić information content (AvgIpc) is 1.55. The fourth-order valence-corrected chi connectivity index (χ4v) is 22.8. The number of ether oxygens (including phenoxy) is 4. The summed E-state index contributed by atoms with van der Waals surface area (Å²) >= 11 is 30.0. The number of nitrogen functional groups attached to an aromatic ring is 1. The normalized spacial score (nSPS) is 15.9. The number of aromatic nitrogens is 14. The molecule has 34 nitrogen and oxygen atoms in total. The molecule has 6 N–H and O–H groups in total. The molecule has 776 valence electrons. The van der Waals surface area contributed by atoms with Gasteiger partial charge in [-0.1, -0.05) is 128 Å². The zero-order chi connectivity index (χ0) is 107. The van der Waals surface area contributed by atoms with Crippen LogP contribution in [0.5, 0.6) is 23.5 Å². The van der Waals surface area contributed by atoms with Crippen LogP contribution in [0.4, 0.5) is 26.6 Å². The SMILES string of the molecule is CCc1cc(-c2cnc(CS(=O)(=O)c3ccccc3Cl)nc2OC)cc2cnc(F)nc12.CCc1cc(-c2cnc(NS(=O)(=O)c3ccccc3Cl)nc2OC)cc2cnc(NC3CCC(N(C)C)CC3)nc12.CCc1cc(B2OC(C)(C)C(C)(C)O2)cc2cnc(F)nc12.CN(C)C1CCC(N)CC1.COc1nc(CS(=O)(=O)c2ccccc2Cl)ncc1Br.COc1nc(N)ncc1Br.O=S(=O)(Cl)c1ccccc1Cl. The summed E-state index contributed by atoms with van der Waals surface area (Å²) in [6.07, 6.45) is 20.9. The highest BCUT2D eigenvalue weighted by atomic mass is 79.9. The lowest BCUT2D eigenvalue weighted by molar-refractivity contribution is 0.00578. The second-order valence-electron chi connectivity index (χ2n) is 34.9. The first-order valence-corrected chi connectivity index (χ1v) is 55.8. The van der Waals surface area contributed by atoms with Crippen molar-refractivity contribution in [2.75, 3.05) is 72.4 Å². The van der Waals surface area contributed by atoms with E-state index >= 15 is 0 Å². The summed E-state index contributed by atoms with van der Waals surface area (Å²) in [5, 5.41) is 6.44. The fourth-order valence-electron chi connectivity index (χ4n) is 15.5. The minimum absolute atomic E-state index is 0.0164. The summed E-state index contributed by atoms with van der Waals surface area (Å²) in [7, 11) is 4.04. The number of nitrogens with two attached hydrogens (primary N) is 2. The van der Waals surface area contributed by atoms with Gasteiger partial charge in [-0.2, -0.15) is 28.7 Å². The second-order valence-corrected chi connectivity index (χ2v) is 46.3. The van der Waals surface area contributed by atoms with E-state index in [0.29, 0.717) is 72.9 Å². The van der Waals surface area contributed by atoms with E-state index in [4.69, 9.17) is 102 Å². The van der Waals surface area contributed by atoms with Crippen molar-refractivity contribution in [2.45, 2.75) is 186 Å². The van der Waals surface area contributed by atoms with Gasteiger partial charge >= 0.3 is 19.3 Å². The van der Waals surface area contributed by atoms with Gasteiger partial charge in [0.1, 0.15) is 32.9 Å². The number of rotatable bonds is 24. The van der Waals surface area contributed by atoms with Crippen LogP contribution in [0.15, 0.2) is 205 Å². The molecule has 146 heavy (non-hydrogen) atoms. The van der Waals surface area contributed by atoms with Gasteiger partial charge in [0.2, 0.25) is 41.4 Å². The Labute approximate surface area is 889 Å². The third-order valence-electron chi connectivity index (χ3n) is 24.0. The number of benzene rings is 7. The Morgan fingerprint density at radius 2 is 0.829 bits per heavy atom. The number of anilines is 3. The number of fused-ring (bicyclic) bond motifs is 3. The molecule has 0 bridgehead atoms. The van der Waals surface area contributed by atoms with Crippen molar-refractivity contribution in [3.63, 3.8) is 0 Å². The molecule has 7 aromatic heterocycles. The number of halogens is 9. The number of sulfonamides is 1. The Kier molecular flexibility index (Phi) is 40.9. The summed E-state index contributed by atoms with van der Waals surface area (Å²) in [5.41, 5.74) is 18.8. The number of aryl methyl sites for hydroxylation is 3. The molecule has 0 amide bonds. The predicted octanol–water partition coefficient (Wildman–Crippen LogP) is 19.2. The molecule has 48 heteroatoms. The molecule has 1 aliphatic heterocycles. The molecule has 1 saturated heterocycles. The maximum absolute atomic E-state index is 13.5. The Morgan fingerprint density at radius 3 is 1.26 bits per heavy atom. The maximum Gasteiger partial charge on any atom is 0.494 e. The summed E-state index contributed by atoms with van der Waals surface area (Å²) in [4.78, 5) is 61.8. The summed E-state index contributed by atoms with van der Waals surface area (Å²) < 4.78 is 161. The lowest BCUT2D eigenvalue weighted by Crippen LogP contribution is -2.41. The first-order valence-electron chi connectivity index (χ1n) is 45.6.